The van der Waals surface area contributed by atoms with Crippen molar-refractivity contribution in [2.45, 2.75) is 38.6 Å². The minimum Gasteiger partial charge on any atom is -0.497 e. The lowest BCUT2D eigenvalue weighted by molar-refractivity contribution is -0.140. The molecular weight excluding hydrogens is 376 g/mol. The predicted molar refractivity (Wildman–Crippen MR) is 117 cm³/mol. The number of likely N-dealkylation sites (tertiary alicyclic amines) is 2. The summed E-state index contributed by atoms with van der Waals surface area (Å²) in [6.07, 6.45) is 3.15. The third-order valence-corrected chi connectivity index (χ3v) is 6.53. The molecule has 4 rings (SSSR count). The van der Waals surface area contributed by atoms with E-state index in [0.717, 1.165) is 49.2 Å². The Morgan fingerprint density at radius 1 is 1.07 bits per heavy atom. The number of benzene rings is 2. The first kappa shape index (κ1) is 20.5. The van der Waals surface area contributed by atoms with Crippen LogP contribution in [0.3, 0.4) is 0 Å². The van der Waals surface area contributed by atoms with E-state index in [-0.39, 0.29) is 17.9 Å². The lowest BCUT2D eigenvalue weighted by Gasteiger charge is -2.47. The molecule has 2 aliphatic rings. The van der Waals surface area contributed by atoms with Gasteiger partial charge in [-0.15, -0.1) is 0 Å². The Kier molecular flexibility index (Phi) is 6.07. The van der Waals surface area contributed by atoms with Crippen LogP contribution >= 0.6 is 0 Å². The fraction of sp³-hybridized carbons (Fsp3) is 0.440. The van der Waals surface area contributed by atoms with Gasteiger partial charge in [-0.05, 0) is 61.9 Å². The first-order chi connectivity index (χ1) is 14.5. The molecule has 2 saturated heterocycles. The zero-order valence-electron chi connectivity index (χ0n) is 17.8. The average Bonchev–Trinajstić information content (AvgIpc) is 2.78. The van der Waals surface area contributed by atoms with Crippen LogP contribution < -0.4 is 4.74 Å². The first-order valence-corrected chi connectivity index (χ1v) is 10.8. The molecule has 0 spiro atoms. The van der Waals surface area contributed by atoms with E-state index in [0.29, 0.717) is 18.9 Å². The molecule has 2 aromatic carbocycles. The Morgan fingerprint density at radius 2 is 1.80 bits per heavy atom. The average molecular weight is 407 g/mol. The molecule has 30 heavy (non-hydrogen) atoms. The molecule has 0 unspecified atom stereocenters. The molecule has 5 nitrogen and oxygen atoms in total. The zero-order valence-corrected chi connectivity index (χ0v) is 17.8. The third-order valence-electron chi connectivity index (χ3n) is 6.53. The van der Waals surface area contributed by atoms with E-state index in [2.05, 4.69) is 17.0 Å². The monoisotopic (exact) mass is 406 g/mol. The number of carbonyl (C=O) groups excluding carboxylic acids is 2. The number of ether oxygens (including phenoxy) is 1. The van der Waals surface area contributed by atoms with Gasteiger partial charge in [0.1, 0.15) is 5.75 Å². The Labute approximate surface area is 178 Å². The van der Waals surface area contributed by atoms with Gasteiger partial charge in [0.15, 0.2) is 0 Å². The van der Waals surface area contributed by atoms with Crippen LogP contribution in [-0.4, -0.2) is 54.4 Å². The predicted octanol–water partition coefficient (Wildman–Crippen LogP) is 3.70. The van der Waals surface area contributed by atoms with Gasteiger partial charge in [-0.25, -0.2) is 0 Å². The second-order valence-corrected chi connectivity index (χ2v) is 8.46. The molecule has 0 aliphatic carbocycles. The van der Waals surface area contributed by atoms with Gasteiger partial charge in [0.25, 0.3) is 5.91 Å². The highest BCUT2D eigenvalue weighted by Gasteiger charge is 2.40. The van der Waals surface area contributed by atoms with Crippen LogP contribution in [0.15, 0.2) is 48.5 Å². The molecule has 0 aromatic heterocycles. The highest BCUT2D eigenvalue weighted by Crippen LogP contribution is 2.32. The molecule has 0 saturated carbocycles. The van der Waals surface area contributed by atoms with Crippen LogP contribution in [-0.2, 0) is 11.2 Å². The lowest BCUT2D eigenvalue weighted by Crippen LogP contribution is -2.57. The van der Waals surface area contributed by atoms with Crippen LogP contribution in [0.2, 0.25) is 0 Å². The van der Waals surface area contributed by atoms with Crippen LogP contribution in [0, 0.1) is 12.8 Å². The minimum absolute atomic E-state index is 0.107. The van der Waals surface area contributed by atoms with E-state index < -0.39 is 0 Å². The van der Waals surface area contributed by atoms with E-state index >= 15 is 0 Å². The van der Waals surface area contributed by atoms with Crippen molar-refractivity contribution in [2.75, 3.05) is 26.7 Å². The van der Waals surface area contributed by atoms with Gasteiger partial charge in [0, 0.05) is 37.7 Å². The number of hydrogen-bond donors (Lipinski definition) is 0. The van der Waals surface area contributed by atoms with Crippen LogP contribution in [0.25, 0.3) is 0 Å². The van der Waals surface area contributed by atoms with Gasteiger partial charge in [0.05, 0.1) is 7.11 Å². The SMILES string of the molecule is COc1ccc(CCN2C(=O)CC[C@@H]3CN(C(=O)c4ccc(C)cc4)CC[C@@H]32)cc1. The summed E-state index contributed by atoms with van der Waals surface area (Å²) in [4.78, 5) is 29.6. The Bertz CT molecular complexity index is 892. The molecule has 2 fully saturated rings. The largest absolute Gasteiger partial charge is 0.497 e. The first-order valence-electron chi connectivity index (χ1n) is 10.8. The number of amides is 2. The van der Waals surface area contributed by atoms with Gasteiger partial charge < -0.3 is 14.5 Å². The smallest absolute Gasteiger partial charge is 0.253 e. The molecule has 158 valence electrons. The van der Waals surface area contributed by atoms with Crippen molar-refractivity contribution < 1.29 is 14.3 Å². The summed E-state index contributed by atoms with van der Waals surface area (Å²) in [5, 5.41) is 0. The van der Waals surface area contributed by atoms with Crippen molar-refractivity contribution in [1.29, 1.82) is 0 Å². The van der Waals surface area contributed by atoms with E-state index in [1.807, 2.05) is 48.2 Å². The molecular formula is C25H30N2O3. The summed E-state index contributed by atoms with van der Waals surface area (Å²) in [5.74, 6) is 1.57. The quantitative estimate of drug-likeness (QED) is 0.761. The normalized spacial score (nSPS) is 21.3. The maximum Gasteiger partial charge on any atom is 0.253 e. The maximum absolute atomic E-state index is 12.9. The highest BCUT2D eigenvalue weighted by molar-refractivity contribution is 5.94. The molecule has 5 heteroatoms. The summed E-state index contributed by atoms with van der Waals surface area (Å²) in [6.45, 7) is 4.21. The molecule has 2 aliphatic heterocycles. The third kappa shape index (κ3) is 4.35. The van der Waals surface area contributed by atoms with Crippen molar-refractivity contribution in [3.05, 3.63) is 65.2 Å². The summed E-state index contributed by atoms with van der Waals surface area (Å²) >= 11 is 0. The van der Waals surface area contributed by atoms with Crippen molar-refractivity contribution in [3.63, 3.8) is 0 Å². The molecule has 0 N–H and O–H groups in total. The number of methoxy groups -OCH3 is 1. The topological polar surface area (TPSA) is 49.9 Å². The van der Waals surface area contributed by atoms with Crippen LogP contribution in [0.4, 0.5) is 0 Å². The number of aryl methyl sites for hydroxylation is 1. The lowest BCUT2D eigenvalue weighted by atomic mass is 9.83. The number of fused-ring (bicyclic) bond motifs is 1. The fourth-order valence-corrected chi connectivity index (χ4v) is 4.75. The number of rotatable bonds is 5. The summed E-state index contributed by atoms with van der Waals surface area (Å²) in [7, 11) is 1.66. The van der Waals surface area contributed by atoms with Gasteiger partial charge in [-0.3, -0.25) is 9.59 Å². The molecule has 2 aromatic rings. The zero-order chi connectivity index (χ0) is 21.1. The minimum atomic E-state index is 0.107. The van der Waals surface area contributed by atoms with Crippen LogP contribution in [0.1, 0.15) is 40.7 Å². The number of piperidine rings is 2. The number of nitrogens with zero attached hydrogens (tertiary/aromatic N) is 2. The van der Waals surface area contributed by atoms with Gasteiger partial charge in [-0.2, -0.15) is 0 Å². The molecule has 0 bridgehead atoms. The van der Waals surface area contributed by atoms with Gasteiger partial charge in [-0.1, -0.05) is 29.8 Å². The van der Waals surface area contributed by atoms with E-state index in [1.165, 1.54) is 5.56 Å². The molecule has 0 radical (unpaired) electrons. The number of carbonyl (C=O) groups is 2. The summed E-state index contributed by atoms with van der Waals surface area (Å²) in [5.41, 5.74) is 3.11. The molecule has 2 atom stereocenters. The van der Waals surface area contributed by atoms with Crippen molar-refractivity contribution in [3.8, 4) is 5.75 Å². The summed E-state index contributed by atoms with van der Waals surface area (Å²) in [6, 6.07) is 16.1. The molecule has 2 amide bonds. The maximum atomic E-state index is 12.9. The Morgan fingerprint density at radius 3 is 2.50 bits per heavy atom. The second kappa shape index (κ2) is 8.90. The van der Waals surface area contributed by atoms with E-state index in [9.17, 15) is 9.59 Å². The Balaban J connectivity index is 1.39. The van der Waals surface area contributed by atoms with Gasteiger partial charge >= 0.3 is 0 Å². The molecule has 2 heterocycles. The standard InChI is InChI=1S/C25H30N2O3/c1-18-3-7-20(8-4-18)25(29)26-15-14-23-21(17-26)9-12-24(28)27(23)16-13-19-5-10-22(30-2)11-6-19/h3-8,10-11,21,23H,9,12-17H2,1-2H3/t21-,23+/m1/s1. The Hall–Kier alpha value is -2.82. The fourth-order valence-electron chi connectivity index (χ4n) is 4.75. The highest BCUT2D eigenvalue weighted by atomic mass is 16.5. The van der Waals surface area contributed by atoms with Crippen molar-refractivity contribution >= 4 is 11.8 Å². The summed E-state index contributed by atoms with van der Waals surface area (Å²) < 4.78 is 5.22. The van der Waals surface area contributed by atoms with Crippen molar-refractivity contribution in [1.82, 2.24) is 9.80 Å². The van der Waals surface area contributed by atoms with Gasteiger partial charge in [0.2, 0.25) is 5.91 Å². The number of hydrogen-bond acceptors (Lipinski definition) is 3. The van der Waals surface area contributed by atoms with Crippen LogP contribution in [0.5, 0.6) is 5.75 Å². The van der Waals surface area contributed by atoms with Crippen molar-refractivity contribution in [2.24, 2.45) is 5.92 Å². The van der Waals surface area contributed by atoms with E-state index in [4.69, 9.17) is 4.74 Å². The second-order valence-electron chi connectivity index (χ2n) is 8.46. The van der Waals surface area contributed by atoms with E-state index in [1.54, 1.807) is 7.11 Å².